The number of hydrogen-bond donors (Lipinski definition) is 1. The highest BCUT2D eigenvalue weighted by atomic mass is 16.5. The van der Waals surface area contributed by atoms with Crippen LogP contribution in [0.1, 0.15) is 23.7 Å². The second-order valence-electron chi connectivity index (χ2n) is 4.51. The monoisotopic (exact) mass is 276 g/mol. The van der Waals surface area contributed by atoms with Gasteiger partial charge in [-0.3, -0.25) is 4.79 Å². The van der Waals surface area contributed by atoms with Gasteiger partial charge < -0.3 is 15.0 Å². The van der Waals surface area contributed by atoms with Gasteiger partial charge in [0.15, 0.2) is 0 Å². The minimum Gasteiger partial charge on any atom is -0.384 e. The fourth-order valence-corrected chi connectivity index (χ4v) is 1.89. The quantitative estimate of drug-likeness (QED) is 0.705. The van der Waals surface area contributed by atoms with Crippen LogP contribution in [0.3, 0.4) is 0 Å². The molecule has 20 heavy (non-hydrogen) atoms. The zero-order valence-electron chi connectivity index (χ0n) is 12.4. The van der Waals surface area contributed by atoms with E-state index in [1.807, 2.05) is 24.3 Å². The van der Waals surface area contributed by atoms with Crippen molar-refractivity contribution in [1.29, 1.82) is 0 Å². The van der Waals surface area contributed by atoms with Crippen LogP contribution in [0.25, 0.3) is 0 Å². The van der Waals surface area contributed by atoms with Gasteiger partial charge in [-0.25, -0.2) is 0 Å². The number of anilines is 1. The summed E-state index contributed by atoms with van der Waals surface area (Å²) < 4.78 is 5.06. The van der Waals surface area contributed by atoms with Crippen molar-refractivity contribution in [2.45, 2.75) is 13.3 Å². The van der Waals surface area contributed by atoms with Gasteiger partial charge in [0, 0.05) is 32.4 Å². The highest BCUT2D eigenvalue weighted by Crippen LogP contribution is 2.17. The maximum absolute atomic E-state index is 12.6. The van der Waals surface area contributed by atoms with Gasteiger partial charge >= 0.3 is 0 Å². The largest absolute Gasteiger partial charge is 0.384 e. The molecule has 1 N–H and O–H groups in total. The Morgan fingerprint density at radius 1 is 1.45 bits per heavy atom. The first kappa shape index (κ1) is 16.2. The van der Waals surface area contributed by atoms with Gasteiger partial charge in [0.05, 0.1) is 12.2 Å². The lowest BCUT2D eigenvalue weighted by Crippen LogP contribution is -2.34. The molecule has 0 aliphatic heterocycles. The van der Waals surface area contributed by atoms with E-state index in [0.717, 1.165) is 18.7 Å². The Hall–Kier alpha value is -1.81. The summed E-state index contributed by atoms with van der Waals surface area (Å²) in [5, 5.41) is 3.29. The Morgan fingerprint density at radius 2 is 2.20 bits per heavy atom. The molecule has 1 aromatic rings. The SMILES string of the molecule is C=CCN(CCOC)C(=O)c1ccccc1NCCC. The zero-order valence-corrected chi connectivity index (χ0v) is 12.4. The summed E-state index contributed by atoms with van der Waals surface area (Å²) in [6.45, 7) is 8.25. The van der Waals surface area contributed by atoms with E-state index >= 15 is 0 Å². The molecule has 0 saturated heterocycles. The number of hydrogen-bond acceptors (Lipinski definition) is 3. The average Bonchev–Trinajstić information content (AvgIpc) is 2.49. The van der Waals surface area contributed by atoms with Crippen molar-refractivity contribution in [2.24, 2.45) is 0 Å². The molecule has 1 rings (SSSR count). The van der Waals surface area contributed by atoms with Crippen LogP contribution in [0.2, 0.25) is 0 Å². The first-order chi connectivity index (χ1) is 9.74. The van der Waals surface area contributed by atoms with Gasteiger partial charge in [0.2, 0.25) is 0 Å². The summed E-state index contributed by atoms with van der Waals surface area (Å²) in [5.74, 6) is 0.00107. The number of nitrogens with one attached hydrogen (secondary N) is 1. The molecule has 0 saturated carbocycles. The van der Waals surface area contributed by atoms with E-state index in [2.05, 4.69) is 18.8 Å². The number of rotatable bonds is 9. The molecule has 4 heteroatoms. The third-order valence-corrected chi connectivity index (χ3v) is 2.92. The van der Waals surface area contributed by atoms with E-state index in [9.17, 15) is 4.79 Å². The van der Waals surface area contributed by atoms with Crippen molar-refractivity contribution in [3.8, 4) is 0 Å². The summed E-state index contributed by atoms with van der Waals surface area (Å²) in [6, 6.07) is 7.60. The second kappa shape index (κ2) is 9.15. The fraction of sp³-hybridized carbons (Fsp3) is 0.438. The number of carbonyl (C=O) groups excluding carboxylic acids is 1. The Bertz CT molecular complexity index is 432. The van der Waals surface area contributed by atoms with E-state index in [4.69, 9.17) is 4.74 Å². The van der Waals surface area contributed by atoms with E-state index in [1.165, 1.54) is 0 Å². The average molecular weight is 276 g/mol. The Kier molecular flexibility index (Phi) is 7.43. The van der Waals surface area contributed by atoms with Crippen LogP contribution in [-0.4, -0.2) is 44.2 Å². The van der Waals surface area contributed by atoms with Gasteiger partial charge in [0.25, 0.3) is 5.91 Å². The number of benzene rings is 1. The summed E-state index contributed by atoms with van der Waals surface area (Å²) in [5.41, 5.74) is 1.57. The standard InChI is InChI=1S/C16H24N2O2/c1-4-10-17-15-9-7-6-8-14(15)16(19)18(11-5-2)12-13-20-3/h5-9,17H,2,4,10-13H2,1,3H3. The van der Waals surface area contributed by atoms with Crippen molar-refractivity contribution in [3.63, 3.8) is 0 Å². The molecule has 0 heterocycles. The molecule has 0 unspecified atom stereocenters. The predicted octanol–water partition coefficient (Wildman–Crippen LogP) is 2.78. The number of para-hydroxylation sites is 1. The molecule has 1 aromatic carbocycles. The third kappa shape index (κ3) is 4.70. The summed E-state index contributed by atoms with van der Waals surface area (Å²) >= 11 is 0. The smallest absolute Gasteiger partial charge is 0.256 e. The van der Waals surface area contributed by atoms with Crippen molar-refractivity contribution in [1.82, 2.24) is 4.90 Å². The molecular formula is C16H24N2O2. The van der Waals surface area contributed by atoms with Gasteiger partial charge in [-0.2, -0.15) is 0 Å². The number of nitrogens with zero attached hydrogens (tertiary/aromatic N) is 1. The number of carbonyl (C=O) groups is 1. The van der Waals surface area contributed by atoms with E-state index in [1.54, 1.807) is 18.1 Å². The Morgan fingerprint density at radius 3 is 2.85 bits per heavy atom. The molecule has 1 amide bonds. The van der Waals surface area contributed by atoms with Crippen LogP contribution in [0.15, 0.2) is 36.9 Å². The van der Waals surface area contributed by atoms with E-state index in [-0.39, 0.29) is 5.91 Å². The van der Waals surface area contributed by atoms with Crippen LogP contribution in [-0.2, 0) is 4.74 Å². The maximum atomic E-state index is 12.6. The van der Waals surface area contributed by atoms with Crippen molar-refractivity contribution < 1.29 is 9.53 Å². The van der Waals surface area contributed by atoms with Crippen LogP contribution in [0, 0.1) is 0 Å². The van der Waals surface area contributed by atoms with Crippen LogP contribution < -0.4 is 5.32 Å². The van der Waals surface area contributed by atoms with Crippen LogP contribution in [0.4, 0.5) is 5.69 Å². The third-order valence-electron chi connectivity index (χ3n) is 2.92. The molecular weight excluding hydrogens is 252 g/mol. The molecule has 0 atom stereocenters. The highest BCUT2D eigenvalue weighted by molar-refractivity contribution is 5.99. The molecule has 0 bridgehead atoms. The van der Waals surface area contributed by atoms with Gasteiger partial charge in [-0.15, -0.1) is 6.58 Å². The topological polar surface area (TPSA) is 41.6 Å². The zero-order chi connectivity index (χ0) is 14.8. The molecule has 0 fully saturated rings. The normalized spacial score (nSPS) is 10.1. The van der Waals surface area contributed by atoms with Gasteiger partial charge in [-0.1, -0.05) is 25.1 Å². The molecule has 0 radical (unpaired) electrons. The predicted molar refractivity (Wildman–Crippen MR) is 83.2 cm³/mol. The Labute approximate surface area is 121 Å². The maximum Gasteiger partial charge on any atom is 0.256 e. The van der Waals surface area contributed by atoms with E-state index in [0.29, 0.717) is 25.3 Å². The summed E-state index contributed by atoms with van der Waals surface area (Å²) in [4.78, 5) is 14.3. The molecule has 0 aromatic heterocycles. The number of amides is 1. The Balaban J connectivity index is 2.89. The second-order valence-corrected chi connectivity index (χ2v) is 4.51. The van der Waals surface area contributed by atoms with Gasteiger partial charge in [-0.05, 0) is 18.6 Å². The van der Waals surface area contributed by atoms with Crippen molar-refractivity contribution in [2.75, 3.05) is 38.7 Å². The minimum atomic E-state index is 0.00107. The molecule has 0 aliphatic carbocycles. The van der Waals surface area contributed by atoms with Crippen molar-refractivity contribution in [3.05, 3.63) is 42.5 Å². The van der Waals surface area contributed by atoms with Crippen LogP contribution >= 0.6 is 0 Å². The minimum absolute atomic E-state index is 0.00107. The number of methoxy groups -OCH3 is 1. The lowest BCUT2D eigenvalue weighted by molar-refractivity contribution is 0.0719. The highest BCUT2D eigenvalue weighted by Gasteiger charge is 2.17. The fourth-order valence-electron chi connectivity index (χ4n) is 1.89. The van der Waals surface area contributed by atoms with E-state index < -0.39 is 0 Å². The van der Waals surface area contributed by atoms with Crippen LogP contribution in [0.5, 0.6) is 0 Å². The molecule has 4 nitrogen and oxygen atoms in total. The summed E-state index contributed by atoms with van der Waals surface area (Å²) in [6.07, 6.45) is 2.75. The summed E-state index contributed by atoms with van der Waals surface area (Å²) in [7, 11) is 1.63. The van der Waals surface area contributed by atoms with Gasteiger partial charge in [0.1, 0.15) is 0 Å². The first-order valence-corrected chi connectivity index (χ1v) is 6.96. The van der Waals surface area contributed by atoms with Crippen molar-refractivity contribution >= 4 is 11.6 Å². The lowest BCUT2D eigenvalue weighted by atomic mass is 10.1. The number of ether oxygens (including phenoxy) is 1. The molecule has 110 valence electrons. The lowest BCUT2D eigenvalue weighted by Gasteiger charge is -2.22. The first-order valence-electron chi connectivity index (χ1n) is 6.96. The molecule has 0 spiro atoms. The molecule has 0 aliphatic rings.